The number of nitrogens with zero attached hydrogens (tertiary/aromatic N) is 1. The second-order valence-electron chi connectivity index (χ2n) is 5.92. The minimum absolute atomic E-state index is 0.0405. The van der Waals surface area contributed by atoms with Gasteiger partial charge in [0.05, 0.1) is 12.1 Å². The molecule has 134 valence electrons. The van der Waals surface area contributed by atoms with Crippen molar-refractivity contribution in [1.82, 2.24) is 10.3 Å². The lowest BCUT2D eigenvalue weighted by atomic mass is 10.2. The molecular weight excluding hydrogens is 412 g/mol. The molecule has 0 aliphatic rings. The van der Waals surface area contributed by atoms with Crippen molar-refractivity contribution < 1.29 is 9.53 Å². The van der Waals surface area contributed by atoms with Gasteiger partial charge in [0, 0.05) is 16.4 Å². The van der Waals surface area contributed by atoms with Crippen LogP contribution in [0.5, 0.6) is 5.75 Å². The molecule has 0 unspecified atom stereocenters. The molecule has 0 fully saturated rings. The smallest absolute Gasteiger partial charge is 0.226 e. The topological polar surface area (TPSA) is 51.2 Å². The number of nitrogens with one attached hydrogen (secondary N) is 1. The Bertz CT molecular complexity index is 878. The number of aromatic nitrogens is 1. The molecular formula is C20H19BrN2O2S. The van der Waals surface area contributed by atoms with Gasteiger partial charge in [-0.3, -0.25) is 4.79 Å². The Hall–Kier alpha value is -2.18. The third kappa shape index (κ3) is 5.68. The maximum absolute atomic E-state index is 12.1. The van der Waals surface area contributed by atoms with E-state index in [2.05, 4.69) is 26.2 Å². The summed E-state index contributed by atoms with van der Waals surface area (Å²) in [7, 11) is 0. The zero-order chi connectivity index (χ0) is 18.4. The second-order valence-corrected chi connectivity index (χ2v) is 7.78. The Kier molecular flexibility index (Phi) is 6.41. The van der Waals surface area contributed by atoms with Crippen LogP contribution in [0.2, 0.25) is 0 Å². The van der Waals surface area contributed by atoms with Gasteiger partial charge in [-0.1, -0.05) is 45.8 Å². The Morgan fingerprint density at radius 1 is 1.23 bits per heavy atom. The lowest BCUT2D eigenvalue weighted by Crippen LogP contribution is -2.24. The largest absolute Gasteiger partial charge is 0.486 e. The van der Waals surface area contributed by atoms with E-state index in [4.69, 9.17) is 4.74 Å². The average Bonchev–Trinajstić information content (AvgIpc) is 3.07. The van der Waals surface area contributed by atoms with Crippen LogP contribution in [0.1, 0.15) is 21.8 Å². The predicted molar refractivity (Wildman–Crippen MR) is 107 cm³/mol. The monoisotopic (exact) mass is 430 g/mol. The first-order valence-electron chi connectivity index (χ1n) is 8.22. The first kappa shape index (κ1) is 18.6. The van der Waals surface area contributed by atoms with Crippen molar-refractivity contribution in [2.45, 2.75) is 26.5 Å². The van der Waals surface area contributed by atoms with E-state index in [9.17, 15) is 4.79 Å². The van der Waals surface area contributed by atoms with Crippen molar-refractivity contribution in [2.75, 3.05) is 0 Å². The summed E-state index contributed by atoms with van der Waals surface area (Å²) in [5.41, 5.74) is 3.02. The molecule has 0 aliphatic heterocycles. The fraction of sp³-hybridized carbons (Fsp3) is 0.200. The fourth-order valence-electron chi connectivity index (χ4n) is 2.35. The normalized spacial score (nSPS) is 10.5. The van der Waals surface area contributed by atoms with Gasteiger partial charge >= 0.3 is 0 Å². The summed E-state index contributed by atoms with van der Waals surface area (Å²) < 4.78 is 6.73. The van der Waals surface area contributed by atoms with Crippen LogP contribution in [0.4, 0.5) is 0 Å². The number of carbonyl (C=O) groups excluding carboxylic acids is 1. The van der Waals surface area contributed by atoms with Crippen LogP contribution in [0, 0.1) is 6.92 Å². The number of rotatable bonds is 7. The minimum Gasteiger partial charge on any atom is -0.486 e. The quantitative estimate of drug-likeness (QED) is 0.593. The van der Waals surface area contributed by atoms with Gasteiger partial charge in [0.2, 0.25) is 5.91 Å². The van der Waals surface area contributed by atoms with Gasteiger partial charge in [-0.25, -0.2) is 4.98 Å². The lowest BCUT2D eigenvalue weighted by molar-refractivity contribution is -0.120. The molecule has 2 aromatic carbocycles. The van der Waals surface area contributed by atoms with Gasteiger partial charge < -0.3 is 10.1 Å². The molecule has 26 heavy (non-hydrogen) atoms. The van der Waals surface area contributed by atoms with E-state index in [0.717, 1.165) is 26.5 Å². The number of benzene rings is 2. The molecule has 3 aromatic rings. The van der Waals surface area contributed by atoms with E-state index >= 15 is 0 Å². The van der Waals surface area contributed by atoms with E-state index in [0.29, 0.717) is 13.2 Å². The number of aryl methyl sites for hydroxylation is 1. The first-order chi connectivity index (χ1) is 12.6. The molecule has 0 aliphatic carbocycles. The number of halogens is 1. The highest BCUT2D eigenvalue weighted by atomic mass is 79.9. The van der Waals surface area contributed by atoms with Crippen LogP contribution >= 0.6 is 27.3 Å². The zero-order valence-electron chi connectivity index (χ0n) is 14.4. The van der Waals surface area contributed by atoms with Crippen molar-refractivity contribution >= 4 is 33.2 Å². The highest BCUT2D eigenvalue weighted by Gasteiger charge is 2.08. The van der Waals surface area contributed by atoms with Crippen LogP contribution in [0.3, 0.4) is 0 Å². The van der Waals surface area contributed by atoms with Gasteiger partial charge in [-0.2, -0.15) is 0 Å². The molecule has 0 saturated heterocycles. The van der Waals surface area contributed by atoms with Crippen LogP contribution in [-0.4, -0.2) is 10.9 Å². The van der Waals surface area contributed by atoms with Gasteiger partial charge in [-0.15, -0.1) is 11.3 Å². The van der Waals surface area contributed by atoms with E-state index in [1.165, 1.54) is 16.9 Å². The molecule has 0 saturated carbocycles. The van der Waals surface area contributed by atoms with E-state index in [1.54, 1.807) is 0 Å². The molecule has 0 radical (unpaired) electrons. The molecule has 0 bridgehead atoms. The Balaban J connectivity index is 1.46. The molecule has 1 aromatic heterocycles. The number of hydrogen-bond donors (Lipinski definition) is 1. The summed E-state index contributed by atoms with van der Waals surface area (Å²) in [5, 5.41) is 5.69. The molecule has 0 atom stereocenters. The molecule has 6 heteroatoms. The van der Waals surface area contributed by atoms with Gasteiger partial charge in [-0.05, 0) is 36.8 Å². The second kappa shape index (κ2) is 8.96. The highest BCUT2D eigenvalue weighted by Crippen LogP contribution is 2.16. The standard InChI is InChI=1S/C20H19BrN2O2S/c1-14-5-7-18(8-6-14)25-12-20-23-17(13-26-20)10-19(24)22-11-15-3-2-4-16(21)9-15/h2-9,13H,10-12H2,1H3,(H,22,24). The number of amides is 1. The van der Waals surface area contributed by atoms with Crippen molar-refractivity contribution in [1.29, 1.82) is 0 Å². The van der Waals surface area contributed by atoms with Crippen LogP contribution in [0.25, 0.3) is 0 Å². The number of ether oxygens (including phenoxy) is 1. The van der Waals surface area contributed by atoms with Crippen LogP contribution < -0.4 is 10.1 Å². The number of hydrogen-bond acceptors (Lipinski definition) is 4. The first-order valence-corrected chi connectivity index (χ1v) is 9.89. The van der Waals surface area contributed by atoms with E-state index in [1.807, 2.05) is 60.8 Å². The summed E-state index contributed by atoms with van der Waals surface area (Å²) in [6.07, 6.45) is 0.273. The average molecular weight is 431 g/mol. The third-order valence-electron chi connectivity index (χ3n) is 3.70. The fourth-order valence-corrected chi connectivity index (χ4v) is 3.50. The summed E-state index contributed by atoms with van der Waals surface area (Å²) in [6.45, 7) is 2.96. The summed E-state index contributed by atoms with van der Waals surface area (Å²) in [4.78, 5) is 16.6. The SMILES string of the molecule is Cc1ccc(OCc2nc(CC(=O)NCc3cccc(Br)c3)cs2)cc1. The maximum Gasteiger partial charge on any atom is 0.226 e. The molecule has 0 spiro atoms. The van der Waals surface area contributed by atoms with Crippen molar-refractivity contribution in [3.63, 3.8) is 0 Å². The Labute approximate surface area is 165 Å². The highest BCUT2D eigenvalue weighted by molar-refractivity contribution is 9.10. The predicted octanol–water partition coefficient (Wildman–Crippen LogP) is 4.65. The van der Waals surface area contributed by atoms with Crippen molar-refractivity contribution in [3.8, 4) is 5.75 Å². The molecule has 3 rings (SSSR count). The van der Waals surface area contributed by atoms with E-state index < -0.39 is 0 Å². The number of carbonyl (C=O) groups is 1. The van der Waals surface area contributed by atoms with E-state index in [-0.39, 0.29) is 12.3 Å². The van der Waals surface area contributed by atoms with Gasteiger partial charge in [0.15, 0.2) is 0 Å². The zero-order valence-corrected chi connectivity index (χ0v) is 16.8. The Morgan fingerprint density at radius 3 is 2.81 bits per heavy atom. The summed E-state index contributed by atoms with van der Waals surface area (Å²) in [6, 6.07) is 15.8. The van der Waals surface area contributed by atoms with Crippen molar-refractivity contribution in [3.05, 3.63) is 80.2 Å². The van der Waals surface area contributed by atoms with Gasteiger partial charge in [0.1, 0.15) is 17.4 Å². The Morgan fingerprint density at radius 2 is 2.04 bits per heavy atom. The third-order valence-corrected chi connectivity index (χ3v) is 5.07. The van der Waals surface area contributed by atoms with Gasteiger partial charge in [0.25, 0.3) is 0 Å². The van der Waals surface area contributed by atoms with Crippen molar-refractivity contribution in [2.24, 2.45) is 0 Å². The summed E-state index contributed by atoms with van der Waals surface area (Å²) >= 11 is 4.94. The van der Waals surface area contributed by atoms with Crippen LogP contribution in [0.15, 0.2) is 58.4 Å². The lowest BCUT2D eigenvalue weighted by Gasteiger charge is -2.05. The summed E-state index contributed by atoms with van der Waals surface area (Å²) in [5.74, 6) is 0.778. The minimum atomic E-state index is -0.0405. The number of thiazole rings is 1. The molecule has 1 heterocycles. The molecule has 4 nitrogen and oxygen atoms in total. The molecule has 1 N–H and O–H groups in total. The molecule has 1 amide bonds. The maximum atomic E-state index is 12.1. The van der Waals surface area contributed by atoms with Crippen LogP contribution in [-0.2, 0) is 24.4 Å².